The maximum absolute atomic E-state index is 5.48. The van der Waals surface area contributed by atoms with Gasteiger partial charge in [0.05, 0.1) is 12.8 Å². The summed E-state index contributed by atoms with van der Waals surface area (Å²) >= 11 is 0. The second kappa shape index (κ2) is 6.99. The Kier molecular flexibility index (Phi) is 4.81. The molecule has 1 aliphatic carbocycles. The van der Waals surface area contributed by atoms with Gasteiger partial charge in [0, 0.05) is 32.7 Å². The van der Waals surface area contributed by atoms with Crippen molar-refractivity contribution in [3.63, 3.8) is 0 Å². The summed E-state index contributed by atoms with van der Waals surface area (Å²) in [6.45, 7) is 5.80. The lowest BCUT2D eigenvalue weighted by atomic mass is 9.94. The minimum atomic E-state index is 0.868. The normalized spacial score (nSPS) is 23.3. The van der Waals surface area contributed by atoms with E-state index in [-0.39, 0.29) is 0 Å². The zero-order chi connectivity index (χ0) is 14.5. The molecule has 1 aromatic rings. The summed E-state index contributed by atoms with van der Waals surface area (Å²) in [7, 11) is 1.76. The number of hydrogen-bond donors (Lipinski definition) is 0. The van der Waals surface area contributed by atoms with Gasteiger partial charge >= 0.3 is 0 Å². The van der Waals surface area contributed by atoms with Crippen molar-refractivity contribution < 1.29 is 4.74 Å². The quantitative estimate of drug-likeness (QED) is 0.791. The van der Waals surface area contributed by atoms with Crippen molar-refractivity contribution in [1.82, 2.24) is 4.90 Å². The monoisotopic (exact) mass is 286 g/mol. The molecule has 114 valence electrons. The number of nitrogens with zero attached hydrogens (tertiary/aromatic N) is 2. The second-order valence-electron chi connectivity index (χ2n) is 6.11. The van der Waals surface area contributed by atoms with Crippen molar-refractivity contribution in [3.05, 3.63) is 36.4 Å². The molecule has 3 heteroatoms. The fraction of sp³-hybridized carbons (Fsp3) is 0.556. The molecule has 0 N–H and O–H groups in total. The van der Waals surface area contributed by atoms with Crippen LogP contribution in [0.1, 0.15) is 19.3 Å². The van der Waals surface area contributed by atoms with Crippen LogP contribution < -0.4 is 9.64 Å². The van der Waals surface area contributed by atoms with Crippen LogP contribution in [0.15, 0.2) is 36.4 Å². The lowest BCUT2D eigenvalue weighted by Crippen LogP contribution is -2.48. The van der Waals surface area contributed by atoms with E-state index in [1.165, 1.54) is 31.5 Å². The third kappa shape index (κ3) is 3.59. The number of rotatable bonds is 4. The minimum Gasteiger partial charge on any atom is -0.495 e. The van der Waals surface area contributed by atoms with Crippen molar-refractivity contribution in [2.75, 3.05) is 44.7 Å². The zero-order valence-electron chi connectivity index (χ0n) is 13.0. The summed E-state index contributed by atoms with van der Waals surface area (Å²) in [4.78, 5) is 5.09. The van der Waals surface area contributed by atoms with Gasteiger partial charge in [0.25, 0.3) is 0 Å². The van der Waals surface area contributed by atoms with Crippen molar-refractivity contribution in [1.29, 1.82) is 0 Å². The Balaban J connectivity index is 1.54. The van der Waals surface area contributed by atoms with E-state index < -0.39 is 0 Å². The van der Waals surface area contributed by atoms with Crippen LogP contribution in [-0.4, -0.2) is 44.7 Å². The van der Waals surface area contributed by atoms with Gasteiger partial charge in [-0.15, -0.1) is 0 Å². The maximum Gasteiger partial charge on any atom is 0.142 e. The predicted octanol–water partition coefficient (Wildman–Crippen LogP) is 3.17. The molecule has 0 radical (unpaired) electrons. The molecule has 2 aliphatic rings. The van der Waals surface area contributed by atoms with Crippen molar-refractivity contribution in [3.8, 4) is 5.75 Å². The smallest absolute Gasteiger partial charge is 0.142 e. The fourth-order valence-electron chi connectivity index (χ4n) is 3.45. The van der Waals surface area contributed by atoms with Crippen LogP contribution in [0.3, 0.4) is 0 Å². The average Bonchev–Trinajstić information content (AvgIpc) is 2.56. The van der Waals surface area contributed by atoms with Crippen LogP contribution >= 0.6 is 0 Å². The Morgan fingerprint density at radius 1 is 1.10 bits per heavy atom. The van der Waals surface area contributed by atoms with Crippen LogP contribution in [0.25, 0.3) is 0 Å². The van der Waals surface area contributed by atoms with Gasteiger partial charge in [0.15, 0.2) is 0 Å². The Morgan fingerprint density at radius 2 is 1.90 bits per heavy atom. The molecule has 1 aromatic carbocycles. The highest BCUT2D eigenvalue weighted by molar-refractivity contribution is 5.58. The summed E-state index contributed by atoms with van der Waals surface area (Å²) in [6, 6.07) is 8.35. The summed E-state index contributed by atoms with van der Waals surface area (Å²) in [6.07, 6.45) is 8.59. The van der Waals surface area contributed by atoms with Gasteiger partial charge in [-0.05, 0) is 37.3 Å². The molecule has 0 bridgehead atoms. The van der Waals surface area contributed by atoms with Gasteiger partial charge in [-0.1, -0.05) is 24.3 Å². The minimum absolute atomic E-state index is 0.868. The topological polar surface area (TPSA) is 15.7 Å². The molecule has 0 aromatic heterocycles. The number of methoxy groups -OCH3 is 1. The number of benzene rings is 1. The van der Waals surface area contributed by atoms with Crippen molar-refractivity contribution in [2.24, 2.45) is 5.92 Å². The first-order chi connectivity index (χ1) is 10.4. The molecule has 0 unspecified atom stereocenters. The molecule has 1 heterocycles. The molecule has 1 aliphatic heterocycles. The van der Waals surface area contributed by atoms with E-state index in [1.807, 2.05) is 6.07 Å². The Bertz CT molecular complexity index is 478. The van der Waals surface area contributed by atoms with Crippen molar-refractivity contribution >= 4 is 5.69 Å². The van der Waals surface area contributed by atoms with Crippen LogP contribution in [-0.2, 0) is 0 Å². The third-order valence-electron chi connectivity index (χ3n) is 4.69. The van der Waals surface area contributed by atoms with E-state index >= 15 is 0 Å². The molecule has 0 saturated carbocycles. The van der Waals surface area contributed by atoms with Gasteiger partial charge in [0.1, 0.15) is 5.75 Å². The number of anilines is 1. The van der Waals surface area contributed by atoms with Crippen molar-refractivity contribution in [2.45, 2.75) is 19.3 Å². The highest BCUT2D eigenvalue weighted by Crippen LogP contribution is 2.28. The first kappa shape index (κ1) is 14.5. The van der Waals surface area contributed by atoms with E-state index in [0.29, 0.717) is 0 Å². The molecule has 0 amide bonds. The number of ether oxygens (including phenoxy) is 1. The Hall–Kier alpha value is -1.48. The van der Waals surface area contributed by atoms with E-state index in [0.717, 1.165) is 37.8 Å². The first-order valence-corrected chi connectivity index (χ1v) is 8.12. The fourth-order valence-corrected chi connectivity index (χ4v) is 3.45. The highest BCUT2D eigenvalue weighted by Gasteiger charge is 2.21. The molecule has 0 spiro atoms. The van der Waals surface area contributed by atoms with E-state index in [4.69, 9.17) is 4.74 Å². The average molecular weight is 286 g/mol. The predicted molar refractivity (Wildman–Crippen MR) is 88.1 cm³/mol. The van der Waals surface area contributed by atoms with Gasteiger partial charge in [-0.3, -0.25) is 4.90 Å². The van der Waals surface area contributed by atoms with E-state index in [2.05, 4.69) is 40.2 Å². The molecule has 3 rings (SSSR count). The van der Waals surface area contributed by atoms with Gasteiger partial charge in [-0.25, -0.2) is 0 Å². The molecular weight excluding hydrogens is 260 g/mol. The number of allylic oxidation sites excluding steroid dienone is 2. The van der Waals surface area contributed by atoms with Gasteiger partial charge in [0.2, 0.25) is 0 Å². The van der Waals surface area contributed by atoms with E-state index in [9.17, 15) is 0 Å². The Morgan fingerprint density at radius 3 is 2.62 bits per heavy atom. The summed E-state index contributed by atoms with van der Waals surface area (Å²) in [5.41, 5.74) is 1.24. The summed E-state index contributed by atoms with van der Waals surface area (Å²) in [5, 5.41) is 0. The SMILES string of the molecule is COc1ccccc1N1CCN(C[C@@H]2CC=CCC2)CC1. The van der Waals surface area contributed by atoms with Crippen LogP contribution in [0.2, 0.25) is 0 Å². The summed E-state index contributed by atoms with van der Waals surface area (Å²) < 4.78 is 5.48. The molecule has 1 saturated heterocycles. The van der Waals surface area contributed by atoms with Gasteiger partial charge < -0.3 is 9.64 Å². The van der Waals surface area contributed by atoms with Gasteiger partial charge in [-0.2, -0.15) is 0 Å². The number of hydrogen-bond acceptors (Lipinski definition) is 3. The third-order valence-corrected chi connectivity index (χ3v) is 4.69. The lowest BCUT2D eigenvalue weighted by molar-refractivity contribution is 0.211. The maximum atomic E-state index is 5.48. The molecule has 1 atom stereocenters. The standard InChI is InChI=1S/C18H26N2O/c1-21-18-10-6-5-9-17(18)20-13-11-19(12-14-20)15-16-7-3-2-4-8-16/h2-3,5-6,9-10,16H,4,7-8,11-15H2,1H3/t16-/m1/s1. The summed E-state index contributed by atoms with van der Waals surface area (Å²) in [5.74, 6) is 1.86. The van der Waals surface area contributed by atoms with E-state index in [1.54, 1.807) is 7.11 Å². The zero-order valence-corrected chi connectivity index (χ0v) is 13.0. The second-order valence-corrected chi connectivity index (χ2v) is 6.11. The largest absolute Gasteiger partial charge is 0.495 e. The first-order valence-electron chi connectivity index (χ1n) is 8.12. The number of para-hydroxylation sites is 2. The molecule has 21 heavy (non-hydrogen) atoms. The number of piperazine rings is 1. The lowest BCUT2D eigenvalue weighted by Gasteiger charge is -2.38. The molecule has 1 fully saturated rings. The molecular formula is C18H26N2O. The van der Waals surface area contributed by atoms with Crippen LogP contribution in [0.5, 0.6) is 5.75 Å². The molecule has 3 nitrogen and oxygen atoms in total. The van der Waals surface area contributed by atoms with Crippen LogP contribution in [0.4, 0.5) is 5.69 Å². The Labute approximate surface area is 128 Å². The highest BCUT2D eigenvalue weighted by atomic mass is 16.5. The van der Waals surface area contributed by atoms with Crippen LogP contribution in [0, 0.1) is 5.92 Å².